The number of likely N-dealkylation sites (tertiary alicyclic amines) is 1. The van der Waals surface area contributed by atoms with Gasteiger partial charge in [-0.3, -0.25) is 4.90 Å². The van der Waals surface area contributed by atoms with Gasteiger partial charge in [-0.25, -0.2) is 0 Å². The monoisotopic (exact) mass is 264 g/mol. The van der Waals surface area contributed by atoms with Gasteiger partial charge in [0, 0.05) is 32.3 Å². The summed E-state index contributed by atoms with van der Waals surface area (Å²) in [6.45, 7) is 3.07. The smallest absolute Gasteiger partial charge is 0.104 e. The molecule has 0 atom stereocenters. The van der Waals surface area contributed by atoms with E-state index in [1.54, 1.807) is 7.11 Å². The van der Waals surface area contributed by atoms with Crippen molar-refractivity contribution < 1.29 is 4.74 Å². The third kappa shape index (κ3) is 3.28. The van der Waals surface area contributed by atoms with E-state index in [0.717, 1.165) is 38.0 Å². The molecule has 2 rings (SSSR count). The van der Waals surface area contributed by atoms with E-state index in [1.165, 1.54) is 5.56 Å². The molecule has 98 valence electrons. The van der Waals surface area contributed by atoms with E-state index in [-0.39, 0.29) is 0 Å². The highest BCUT2D eigenvalue weighted by molar-refractivity contribution is 7.80. The molecule has 0 aliphatic carbocycles. The number of ether oxygens (including phenoxy) is 1. The minimum atomic E-state index is 0.423. The lowest BCUT2D eigenvalue weighted by Crippen LogP contribution is -2.36. The topological polar surface area (TPSA) is 38.5 Å². The van der Waals surface area contributed by atoms with Crippen LogP contribution in [0.25, 0.3) is 0 Å². The Labute approximate surface area is 114 Å². The van der Waals surface area contributed by atoms with Gasteiger partial charge in [0.2, 0.25) is 0 Å². The van der Waals surface area contributed by atoms with E-state index in [4.69, 9.17) is 22.7 Å². The molecule has 2 N–H and O–H groups in total. The molecule has 1 aromatic rings. The maximum atomic E-state index is 5.76. The molecule has 0 bridgehead atoms. The van der Waals surface area contributed by atoms with Crippen LogP contribution < -0.4 is 5.73 Å². The molecular weight excluding hydrogens is 244 g/mol. The fourth-order valence-corrected chi connectivity index (χ4v) is 2.64. The van der Waals surface area contributed by atoms with Gasteiger partial charge in [-0.1, -0.05) is 36.5 Å². The molecule has 1 aliphatic rings. The van der Waals surface area contributed by atoms with Crippen LogP contribution in [0.1, 0.15) is 24.0 Å². The summed E-state index contributed by atoms with van der Waals surface area (Å²) in [6.07, 6.45) is 2.63. The van der Waals surface area contributed by atoms with E-state index in [9.17, 15) is 0 Å². The van der Waals surface area contributed by atoms with Crippen molar-refractivity contribution in [3.05, 3.63) is 35.4 Å². The summed E-state index contributed by atoms with van der Waals surface area (Å²) in [7, 11) is 1.79. The maximum absolute atomic E-state index is 5.76. The van der Waals surface area contributed by atoms with E-state index in [1.807, 2.05) is 18.2 Å². The Kier molecular flexibility index (Phi) is 4.69. The zero-order chi connectivity index (χ0) is 13.0. The van der Waals surface area contributed by atoms with Gasteiger partial charge in [0.25, 0.3) is 0 Å². The highest BCUT2D eigenvalue weighted by Crippen LogP contribution is 2.17. The second kappa shape index (κ2) is 6.27. The Morgan fingerprint density at radius 2 is 2.06 bits per heavy atom. The normalized spacial score (nSPS) is 17.8. The number of benzene rings is 1. The number of hydrogen-bond acceptors (Lipinski definition) is 3. The van der Waals surface area contributed by atoms with Crippen LogP contribution in [0, 0.1) is 0 Å². The summed E-state index contributed by atoms with van der Waals surface area (Å²) >= 11 is 5.09. The van der Waals surface area contributed by atoms with E-state index < -0.39 is 0 Å². The van der Waals surface area contributed by atoms with Crippen LogP contribution >= 0.6 is 12.2 Å². The van der Waals surface area contributed by atoms with Gasteiger partial charge < -0.3 is 10.5 Å². The zero-order valence-electron chi connectivity index (χ0n) is 10.8. The molecule has 1 heterocycles. The second-order valence-electron chi connectivity index (χ2n) is 4.73. The first kappa shape index (κ1) is 13.5. The summed E-state index contributed by atoms with van der Waals surface area (Å²) < 4.78 is 5.38. The lowest BCUT2D eigenvalue weighted by atomic mass is 10.0. The number of methoxy groups -OCH3 is 1. The molecule has 1 aromatic carbocycles. The number of nitrogens with two attached hydrogens (primary N) is 1. The standard InChI is InChI=1S/C14H20N2OS/c1-17-12-6-8-16(9-7-12)10-11-4-2-3-5-13(11)14(15)18/h2-5,12H,6-10H2,1H3,(H2,15,18). The Morgan fingerprint density at radius 1 is 1.39 bits per heavy atom. The first-order chi connectivity index (χ1) is 8.70. The van der Waals surface area contributed by atoms with Gasteiger partial charge in [0.1, 0.15) is 4.99 Å². The molecule has 1 aliphatic heterocycles. The predicted molar refractivity (Wildman–Crippen MR) is 77.6 cm³/mol. The summed E-state index contributed by atoms with van der Waals surface area (Å²) in [5.41, 5.74) is 7.98. The van der Waals surface area contributed by atoms with Crippen LogP contribution in [-0.4, -0.2) is 36.2 Å². The van der Waals surface area contributed by atoms with Crippen molar-refractivity contribution in [2.45, 2.75) is 25.5 Å². The van der Waals surface area contributed by atoms with Crippen molar-refractivity contribution in [2.24, 2.45) is 5.73 Å². The number of nitrogens with zero attached hydrogens (tertiary/aromatic N) is 1. The van der Waals surface area contributed by atoms with Gasteiger partial charge in [0.15, 0.2) is 0 Å². The quantitative estimate of drug-likeness (QED) is 0.843. The number of hydrogen-bond donors (Lipinski definition) is 1. The molecule has 4 heteroatoms. The van der Waals surface area contributed by atoms with Gasteiger partial charge in [0.05, 0.1) is 6.10 Å². The van der Waals surface area contributed by atoms with Gasteiger partial charge in [-0.2, -0.15) is 0 Å². The van der Waals surface area contributed by atoms with Crippen LogP contribution in [0.2, 0.25) is 0 Å². The largest absolute Gasteiger partial charge is 0.389 e. The average Bonchev–Trinajstić information content (AvgIpc) is 2.40. The van der Waals surface area contributed by atoms with Gasteiger partial charge in [-0.15, -0.1) is 0 Å². The minimum absolute atomic E-state index is 0.423. The van der Waals surface area contributed by atoms with Crippen molar-refractivity contribution in [1.82, 2.24) is 4.90 Å². The van der Waals surface area contributed by atoms with Crippen molar-refractivity contribution in [1.29, 1.82) is 0 Å². The van der Waals surface area contributed by atoms with Crippen molar-refractivity contribution >= 4 is 17.2 Å². The maximum Gasteiger partial charge on any atom is 0.104 e. The molecule has 0 radical (unpaired) electrons. The lowest BCUT2D eigenvalue weighted by Gasteiger charge is -2.31. The van der Waals surface area contributed by atoms with Crippen LogP contribution in [0.15, 0.2) is 24.3 Å². The van der Waals surface area contributed by atoms with E-state index in [0.29, 0.717) is 11.1 Å². The molecule has 1 fully saturated rings. The Bertz CT molecular complexity index is 414. The Hall–Kier alpha value is -0.970. The fraction of sp³-hybridized carbons (Fsp3) is 0.500. The second-order valence-corrected chi connectivity index (χ2v) is 5.17. The van der Waals surface area contributed by atoms with Crippen LogP contribution in [0.5, 0.6) is 0 Å². The molecule has 1 saturated heterocycles. The summed E-state index contributed by atoms with van der Waals surface area (Å²) in [5, 5.41) is 0. The highest BCUT2D eigenvalue weighted by atomic mass is 32.1. The van der Waals surface area contributed by atoms with Crippen LogP contribution in [0.3, 0.4) is 0 Å². The zero-order valence-corrected chi connectivity index (χ0v) is 11.6. The predicted octanol–water partition coefficient (Wildman–Crippen LogP) is 1.93. The van der Waals surface area contributed by atoms with Crippen LogP contribution in [0.4, 0.5) is 0 Å². The fourth-order valence-electron chi connectivity index (χ4n) is 2.44. The Morgan fingerprint density at radius 3 is 2.67 bits per heavy atom. The third-order valence-corrected chi connectivity index (χ3v) is 3.76. The number of piperidine rings is 1. The molecule has 3 nitrogen and oxygen atoms in total. The Balaban J connectivity index is 2.00. The molecule has 0 saturated carbocycles. The molecule has 0 amide bonds. The summed E-state index contributed by atoms with van der Waals surface area (Å²) in [6, 6.07) is 8.13. The molecule has 18 heavy (non-hydrogen) atoms. The van der Waals surface area contributed by atoms with E-state index in [2.05, 4.69) is 11.0 Å². The summed E-state index contributed by atoms with van der Waals surface area (Å²) in [4.78, 5) is 2.92. The molecule has 0 spiro atoms. The molecule has 0 unspecified atom stereocenters. The minimum Gasteiger partial charge on any atom is -0.389 e. The molecular formula is C14H20N2OS. The van der Waals surface area contributed by atoms with E-state index >= 15 is 0 Å². The van der Waals surface area contributed by atoms with Gasteiger partial charge in [-0.05, 0) is 18.4 Å². The molecule has 0 aromatic heterocycles. The van der Waals surface area contributed by atoms with Gasteiger partial charge >= 0.3 is 0 Å². The van der Waals surface area contributed by atoms with Crippen LogP contribution in [-0.2, 0) is 11.3 Å². The number of thiocarbonyl (C=S) groups is 1. The first-order valence-electron chi connectivity index (χ1n) is 6.33. The highest BCUT2D eigenvalue weighted by Gasteiger charge is 2.19. The van der Waals surface area contributed by atoms with Crippen molar-refractivity contribution in [3.8, 4) is 0 Å². The number of rotatable bonds is 4. The lowest BCUT2D eigenvalue weighted by molar-refractivity contribution is 0.0388. The third-order valence-electron chi connectivity index (χ3n) is 3.54. The van der Waals surface area contributed by atoms with Crippen molar-refractivity contribution in [3.63, 3.8) is 0 Å². The SMILES string of the molecule is COC1CCN(Cc2ccccc2C(N)=S)CC1. The van der Waals surface area contributed by atoms with Crippen molar-refractivity contribution in [2.75, 3.05) is 20.2 Å². The first-order valence-corrected chi connectivity index (χ1v) is 6.74. The average molecular weight is 264 g/mol. The summed E-state index contributed by atoms with van der Waals surface area (Å²) in [5.74, 6) is 0.